The van der Waals surface area contributed by atoms with Gasteiger partial charge in [-0.25, -0.2) is 4.98 Å². The summed E-state index contributed by atoms with van der Waals surface area (Å²) >= 11 is 3.22. The fourth-order valence-electron chi connectivity index (χ4n) is 1.17. The molecule has 1 aromatic heterocycles. The molecule has 0 saturated heterocycles. The lowest BCUT2D eigenvalue weighted by molar-refractivity contribution is 0.0867. The first-order chi connectivity index (χ1) is 7.63. The quantitative estimate of drug-likeness (QED) is 0.843. The van der Waals surface area contributed by atoms with E-state index in [9.17, 15) is 4.79 Å². The molecule has 0 aliphatic heterocycles. The van der Waals surface area contributed by atoms with Gasteiger partial charge < -0.3 is 10.1 Å². The van der Waals surface area contributed by atoms with E-state index in [-0.39, 0.29) is 11.9 Å². The van der Waals surface area contributed by atoms with Gasteiger partial charge in [0, 0.05) is 12.6 Å². The van der Waals surface area contributed by atoms with Crippen molar-refractivity contribution in [2.45, 2.75) is 19.9 Å². The number of hydrogen-bond donors (Lipinski definition) is 1. The third-order valence-corrected chi connectivity index (χ3v) is 2.34. The first kappa shape index (κ1) is 13.1. The van der Waals surface area contributed by atoms with Crippen LogP contribution in [0.4, 0.5) is 0 Å². The fourth-order valence-corrected chi connectivity index (χ4v) is 1.51. The van der Waals surface area contributed by atoms with Crippen molar-refractivity contribution in [2.75, 3.05) is 13.2 Å². The van der Waals surface area contributed by atoms with Crippen LogP contribution in [0.1, 0.15) is 24.3 Å². The van der Waals surface area contributed by atoms with E-state index in [1.165, 1.54) is 0 Å². The Morgan fingerprint density at radius 3 is 3.00 bits per heavy atom. The molecule has 0 fully saturated rings. The van der Waals surface area contributed by atoms with Crippen LogP contribution in [-0.4, -0.2) is 30.1 Å². The highest BCUT2D eigenvalue weighted by Gasteiger charge is 2.10. The fraction of sp³-hybridized carbons (Fsp3) is 0.455. The zero-order valence-electron chi connectivity index (χ0n) is 9.37. The van der Waals surface area contributed by atoms with Gasteiger partial charge in [0.1, 0.15) is 10.3 Å². The number of nitrogens with zero attached hydrogens (tertiary/aromatic N) is 1. The summed E-state index contributed by atoms with van der Waals surface area (Å²) in [6.45, 7) is 4.97. The Morgan fingerprint density at radius 1 is 1.62 bits per heavy atom. The molecular formula is C11H15BrN2O2. The van der Waals surface area contributed by atoms with Gasteiger partial charge in [-0.1, -0.05) is 6.07 Å². The van der Waals surface area contributed by atoms with Crippen molar-refractivity contribution in [1.29, 1.82) is 0 Å². The molecule has 1 amide bonds. The van der Waals surface area contributed by atoms with Crippen LogP contribution in [0.15, 0.2) is 22.8 Å². The monoisotopic (exact) mass is 286 g/mol. The molecule has 88 valence electrons. The van der Waals surface area contributed by atoms with E-state index in [1.54, 1.807) is 18.2 Å². The van der Waals surface area contributed by atoms with Crippen molar-refractivity contribution in [3.8, 4) is 0 Å². The smallest absolute Gasteiger partial charge is 0.270 e. The first-order valence-corrected chi connectivity index (χ1v) is 5.94. The van der Waals surface area contributed by atoms with Crippen LogP contribution in [0.3, 0.4) is 0 Å². The second-order valence-electron chi connectivity index (χ2n) is 3.38. The SMILES string of the molecule is CCOCC(C)NC(=O)c1cccc(Br)n1. The standard InChI is InChI=1S/C11H15BrN2O2/c1-3-16-7-8(2)13-11(15)9-5-4-6-10(12)14-9/h4-6,8H,3,7H2,1-2H3,(H,13,15). The van der Waals surface area contributed by atoms with Gasteiger partial charge in [0.15, 0.2) is 0 Å². The predicted octanol–water partition coefficient (Wildman–Crippen LogP) is 2.00. The number of hydrogen-bond acceptors (Lipinski definition) is 3. The molecule has 1 N–H and O–H groups in total. The minimum absolute atomic E-state index is 0.0202. The highest BCUT2D eigenvalue weighted by atomic mass is 79.9. The molecule has 0 spiro atoms. The molecule has 0 saturated carbocycles. The van der Waals surface area contributed by atoms with E-state index in [0.29, 0.717) is 23.5 Å². The summed E-state index contributed by atoms with van der Waals surface area (Å²) in [5, 5.41) is 2.81. The zero-order valence-corrected chi connectivity index (χ0v) is 11.0. The van der Waals surface area contributed by atoms with Gasteiger partial charge in [-0.05, 0) is 41.9 Å². The summed E-state index contributed by atoms with van der Waals surface area (Å²) < 4.78 is 5.86. The van der Waals surface area contributed by atoms with Crippen LogP contribution in [0.2, 0.25) is 0 Å². The van der Waals surface area contributed by atoms with Gasteiger partial charge in [0.05, 0.1) is 6.61 Å². The van der Waals surface area contributed by atoms with Gasteiger partial charge in [-0.3, -0.25) is 4.79 Å². The summed E-state index contributed by atoms with van der Waals surface area (Å²) in [5.74, 6) is -0.187. The molecule has 0 radical (unpaired) electrons. The number of ether oxygens (including phenoxy) is 1. The Balaban J connectivity index is 2.52. The molecule has 1 atom stereocenters. The number of nitrogens with one attached hydrogen (secondary N) is 1. The molecule has 0 aliphatic rings. The Kier molecular flexibility index (Phi) is 5.42. The number of rotatable bonds is 5. The number of amides is 1. The van der Waals surface area contributed by atoms with Crippen molar-refractivity contribution < 1.29 is 9.53 Å². The minimum Gasteiger partial charge on any atom is -0.380 e. The topological polar surface area (TPSA) is 51.2 Å². The highest BCUT2D eigenvalue weighted by molar-refractivity contribution is 9.10. The van der Waals surface area contributed by atoms with E-state index >= 15 is 0 Å². The Labute approximate surface area is 104 Å². The van der Waals surface area contributed by atoms with E-state index < -0.39 is 0 Å². The maximum absolute atomic E-state index is 11.7. The van der Waals surface area contributed by atoms with E-state index in [2.05, 4.69) is 26.2 Å². The molecule has 1 unspecified atom stereocenters. The average molecular weight is 287 g/mol. The van der Waals surface area contributed by atoms with Gasteiger partial charge in [0.2, 0.25) is 0 Å². The second-order valence-corrected chi connectivity index (χ2v) is 4.19. The van der Waals surface area contributed by atoms with Crippen LogP contribution >= 0.6 is 15.9 Å². The number of pyridine rings is 1. The number of halogens is 1. The predicted molar refractivity (Wildman–Crippen MR) is 65.4 cm³/mol. The number of carbonyl (C=O) groups excluding carboxylic acids is 1. The lowest BCUT2D eigenvalue weighted by Gasteiger charge is -2.13. The van der Waals surface area contributed by atoms with Gasteiger partial charge >= 0.3 is 0 Å². The van der Waals surface area contributed by atoms with Crippen molar-refractivity contribution in [3.63, 3.8) is 0 Å². The molecule has 0 bridgehead atoms. The zero-order chi connectivity index (χ0) is 12.0. The lowest BCUT2D eigenvalue weighted by Crippen LogP contribution is -2.36. The molecule has 4 nitrogen and oxygen atoms in total. The normalized spacial score (nSPS) is 12.2. The third-order valence-electron chi connectivity index (χ3n) is 1.90. The summed E-state index contributed by atoms with van der Waals surface area (Å²) in [6, 6.07) is 5.21. The molecule has 1 aromatic rings. The van der Waals surface area contributed by atoms with Crippen molar-refractivity contribution in [2.24, 2.45) is 0 Å². The molecule has 0 aromatic carbocycles. The largest absolute Gasteiger partial charge is 0.380 e. The lowest BCUT2D eigenvalue weighted by atomic mass is 10.3. The van der Waals surface area contributed by atoms with Crippen LogP contribution in [0.25, 0.3) is 0 Å². The Bertz CT molecular complexity index is 358. The van der Waals surface area contributed by atoms with E-state index in [0.717, 1.165) is 0 Å². The molecule has 1 rings (SSSR count). The third kappa shape index (κ3) is 4.28. The molecule has 1 heterocycles. The Morgan fingerprint density at radius 2 is 2.38 bits per heavy atom. The maximum atomic E-state index is 11.7. The van der Waals surface area contributed by atoms with E-state index in [1.807, 2.05) is 13.8 Å². The Hall–Kier alpha value is -0.940. The van der Waals surface area contributed by atoms with Gasteiger partial charge in [-0.2, -0.15) is 0 Å². The number of carbonyl (C=O) groups is 1. The van der Waals surface area contributed by atoms with Gasteiger partial charge in [-0.15, -0.1) is 0 Å². The molecule has 5 heteroatoms. The minimum atomic E-state index is -0.187. The van der Waals surface area contributed by atoms with Crippen LogP contribution in [0, 0.1) is 0 Å². The first-order valence-electron chi connectivity index (χ1n) is 5.14. The number of aromatic nitrogens is 1. The molecule has 16 heavy (non-hydrogen) atoms. The summed E-state index contributed by atoms with van der Waals surface area (Å²) in [5.41, 5.74) is 0.401. The van der Waals surface area contributed by atoms with Crippen LogP contribution in [-0.2, 0) is 4.74 Å². The summed E-state index contributed by atoms with van der Waals surface area (Å²) in [6.07, 6.45) is 0. The average Bonchev–Trinajstić information content (AvgIpc) is 2.26. The maximum Gasteiger partial charge on any atom is 0.270 e. The molecule has 0 aliphatic carbocycles. The summed E-state index contributed by atoms with van der Waals surface area (Å²) in [7, 11) is 0. The summed E-state index contributed by atoms with van der Waals surface area (Å²) in [4.78, 5) is 15.8. The van der Waals surface area contributed by atoms with Crippen LogP contribution < -0.4 is 5.32 Å². The van der Waals surface area contributed by atoms with Crippen molar-refractivity contribution >= 4 is 21.8 Å². The second kappa shape index (κ2) is 6.60. The van der Waals surface area contributed by atoms with Crippen molar-refractivity contribution in [1.82, 2.24) is 10.3 Å². The molecular weight excluding hydrogens is 272 g/mol. The van der Waals surface area contributed by atoms with Gasteiger partial charge in [0.25, 0.3) is 5.91 Å². The van der Waals surface area contributed by atoms with Crippen LogP contribution in [0.5, 0.6) is 0 Å². The van der Waals surface area contributed by atoms with Crippen molar-refractivity contribution in [3.05, 3.63) is 28.5 Å². The highest BCUT2D eigenvalue weighted by Crippen LogP contribution is 2.06. The van der Waals surface area contributed by atoms with E-state index in [4.69, 9.17) is 4.74 Å².